The van der Waals surface area contributed by atoms with E-state index >= 15 is 0 Å². The maximum Gasteiger partial charge on any atom is 0.170 e. The second-order valence-corrected chi connectivity index (χ2v) is 5.14. The number of carbonyl (C=O) groups is 1. The predicted molar refractivity (Wildman–Crippen MR) is 71.4 cm³/mol. The van der Waals surface area contributed by atoms with Crippen molar-refractivity contribution in [2.75, 3.05) is 0 Å². The number of H-pyrrole nitrogens is 1. The molecule has 1 N–H and O–H groups in total. The average molecular weight is 240 g/mol. The molecule has 2 rings (SSSR count). The van der Waals surface area contributed by atoms with Crippen LogP contribution < -0.4 is 0 Å². The summed E-state index contributed by atoms with van der Waals surface area (Å²) < 4.78 is 0. The van der Waals surface area contributed by atoms with Gasteiger partial charge in [0, 0.05) is 28.1 Å². The van der Waals surface area contributed by atoms with E-state index in [0.717, 1.165) is 17.3 Å². The summed E-state index contributed by atoms with van der Waals surface area (Å²) in [5.74, 6) is 0.117. The summed E-state index contributed by atoms with van der Waals surface area (Å²) in [4.78, 5) is 15.6. The van der Waals surface area contributed by atoms with Gasteiger partial charge in [-0.25, -0.2) is 0 Å². The molecule has 1 heterocycles. The van der Waals surface area contributed by atoms with Crippen LogP contribution in [-0.2, 0) is 0 Å². The Morgan fingerprint density at radius 3 is 2.78 bits per heavy atom. The standard InChI is InChI=1S/C15H16N2O/c1-4-15(2,3)14(18)12-9-17-13-6-5-10(8-16)7-11(12)13/h5-7,9,17H,4H2,1-3H3. The second kappa shape index (κ2) is 4.30. The Labute approximate surface area is 106 Å². The Bertz CT molecular complexity index is 644. The average Bonchev–Trinajstić information content (AvgIpc) is 2.80. The summed E-state index contributed by atoms with van der Waals surface area (Å²) >= 11 is 0. The molecule has 0 spiro atoms. The van der Waals surface area contributed by atoms with Crippen LogP contribution in [0.2, 0.25) is 0 Å². The molecule has 0 saturated carbocycles. The number of nitrogens with zero attached hydrogens (tertiary/aromatic N) is 1. The van der Waals surface area contributed by atoms with E-state index in [1.165, 1.54) is 0 Å². The van der Waals surface area contributed by atoms with Crippen LogP contribution in [0.3, 0.4) is 0 Å². The van der Waals surface area contributed by atoms with E-state index in [-0.39, 0.29) is 11.2 Å². The highest BCUT2D eigenvalue weighted by atomic mass is 16.1. The third-order valence-corrected chi connectivity index (χ3v) is 3.55. The van der Waals surface area contributed by atoms with Crippen LogP contribution in [0.25, 0.3) is 10.9 Å². The van der Waals surface area contributed by atoms with E-state index in [1.54, 1.807) is 18.3 Å². The molecule has 0 radical (unpaired) electrons. The van der Waals surface area contributed by atoms with Gasteiger partial charge in [-0.05, 0) is 24.6 Å². The lowest BCUT2D eigenvalue weighted by atomic mass is 9.82. The molecule has 3 heteroatoms. The fraction of sp³-hybridized carbons (Fsp3) is 0.333. The minimum absolute atomic E-state index is 0.117. The van der Waals surface area contributed by atoms with Gasteiger partial charge in [0.2, 0.25) is 0 Å². The number of hydrogen-bond acceptors (Lipinski definition) is 2. The molecule has 0 aliphatic heterocycles. The van der Waals surface area contributed by atoms with Crippen molar-refractivity contribution in [3.8, 4) is 6.07 Å². The first-order valence-electron chi connectivity index (χ1n) is 6.05. The molecule has 0 saturated heterocycles. The van der Waals surface area contributed by atoms with Crippen LogP contribution in [0.15, 0.2) is 24.4 Å². The van der Waals surface area contributed by atoms with E-state index in [9.17, 15) is 4.79 Å². The minimum atomic E-state index is -0.377. The van der Waals surface area contributed by atoms with Crippen LogP contribution in [0.1, 0.15) is 43.1 Å². The molecule has 18 heavy (non-hydrogen) atoms. The van der Waals surface area contributed by atoms with Crippen molar-refractivity contribution in [3.05, 3.63) is 35.5 Å². The zero-order chi connectivity index (χ0) is 13.3. The van der Waals surface area contributed by atoms with Crippen molar-refractivity contribution in [1.82, 2.24) is 4.98 Å². The molecular weight excluding hydrogens is 224 g/mol. The Hall–Kier alpha value is -2.08. The Morgan fingerprint density at radius 1 is 1.44 bits per heavy atom. The lowest BCUT2D eigenvalue weighted by molar-refractivity contribution is 0.0835. The predicted octanol–water partition coefficient (Wildman–Crippen LogP) is 3.66. The van der Waals surface area contributed by atoms with Gasteiger partial charge in [-0.15, -0.1) is 0 Å². The maximum absolute atomic E-state index is 12.5. The number of nitriles is 1. The molecular formula is C15H16N2O. The van der Waals surface area contributed by atoms with Crippen LogP contribution in [0.4, 0.5) is 0 Å². The van der Waals surface area contributed by atoms with Crippen molar-refractivity contribution in [2.45, 2.75) is 27.2 Å². The first-order valence-corrected chi connectivity index (χ1v) is 6.05. The van der Waals surface area contributed by atoms with Crippen molar-refractivity contribution in [2.24, 2.45) is 5.41 Å². The lowest BCUT2D eigenvalue weighted by Gasteiger charge is -2.20. The van der Waals surface area contributed by atoms with Crippen molar-refractivity contribution in [3.63, 3.8) is 0 Å². The summed E-state index contributed by atoms with van der Waals surface area (Å²) in [6.45, 7) is 5.90. The minimum Gasteiger partial charge on any atom is -0.360 e. The number of aromatic amines is 1. The van der Waals surface area contributed by atoms with Gasteiger partial charge >= 0.3 is 0 Å². The summed E-state index contributed by atoms with van der Waals surface area (Å²) in [5.41, 5.74) is 1.77. The van der Waals surface area contributed by atoms with E-state index in [1.807, 2.05) is 26.8 Å². The molecule has 92 valence electrons. The first kappa shape index (κ1) is 12.4. The summed E-state index contributed by atoms with van der Waals surface area (Å²) in [6.07, 6.45) is 2.53. The molecule has 1 aromatic carbocycles. The first-order chi connectivity index (χ1) is 8.49. The highest BCUT2D eigenvalue weighted by Gasteiger charge is 2.28. The zero-order valence-corrected chi connectivity index (χ0v) is 10.9. The Morgan fingerprint density at radius 2 is 2.17 bits per heavy atom. The summed E-state index contributed by atoms with van der Waals surface area (Å²) in [6, 6.07) is 7.46. The Balaban J connectivity index is 2.59. The van der Waals surface area contributed by atoms with Gasteiger partial charge in [-0.2, -0.15) is 5.26 Å². The van der Waals surface area contributed by atoms with Gasteiger partial charge in [-0.1, -0.05) is 20.8 Å². The van der Waals surface area contributed by atoms with Gasteiger partial charge in [0.15, 0.2) is 5.78 Å². The number of hydrogen-bond donors (Lipinski definition) is 1. The quantitative estimate of drug-likeness (QED) is 0.832. The van der Waals surface area contributed by atoms with Crippen molar-refractivity contribution in [1.29, 1.82) is 5.26 Å². The van der Waals surface area contributed by atoms with Gasteiger partial charge in [0.25, 0.3) is 0 Å². The number of Topliss-reactive ketones (excluding diaryl/α,β-unsaturated/α-hetero) is 1. The van der Waals surface area contributed by atoms with E-state index in [4.69, 9.17) is 5.26 Å². The van der Waals surface area contributed by atoms with E-state index in [2.05, 4.69) is 11.1 Å². The highest BCUT2D eigenvalue weighted by molar-refractivity contribution is 6.10. The van der Waals surface area contributed by atoms with Crippen LogP contribution in [0, 0.1) is 16.7 Å². The maximum atomic E-state index is 12.5. The summed E-state index contributed by atoms with van der Waals surface area (Å²) in [7, 11) is 0. The number of aromatic nitrogens is 1. The molecule has 0 aliphatic rings. The number of ketones is 1. The molecule has 1 aromatic heterocycles. The SMILES string of the molecule is CCC(C)(C)C(=O)c1c[nH]c2ccc(C#N)cc12. The number of carbonyl (C=O) groups excluding carboxylic acids is 1. The molecule has 0 amide bonds. The van der Waals surface area contributed by atoms with Crippen molar-refractivity contribution < 1.29 is 4.79 Å². The third-order valence-electron chi connectivity index (χ3n) is 3.55. The topological polar surface area (TPSA) is 56.6 Å². The third kappa shape index (κ3) is 1.91. The number of benzene rings is 1. The van der Waals surface area contributed by atoms with Gasteiger partial charge in [0.05, 0.1) is 11.6 Å². The monoisotopic (exact) mass is 240 g/mol. The second-order valence-electron chi connectivity index (χ2n) is 5.14. The number of fused-ring (bicyclic) bond motifs is 1. The highest BCUT2D eigenvalue weighted by Crippen LogP contribution is 2.29. The van der Waals surface area contributed by atoms with Gasteiger partial charge in [0.1, 0.15) is 0 Å². The molecule has 0 aliphatic carbocycles. The lowest BCUT2D eigenvalue weighted by Crippen LogP contribution is -2.23. The fourth-order valence-corrected chi connectivity index (χ4v) is 1.90. The van der Waals surface area contributed by atoms with Crippen LogP contribution >= 0.6 is 0 Å². The smallest absolute Gasteiger partial charge is 0.170 e. The molecule has 0 atom stereocenters. The van der Waals surface area contributed by atoms with Crippen LogP contribution in [-0.4, -0.2) is 10.8 Å². The number of rotatable bonds is 3. The van der Waals surface area contributed by atoms with E-state index in [0.29, 0.717) is 11.1 Å². The number of nitrogens with one attached hydrogen (secondary N) is 1. The normalized spacial score (nSPS) is 11.4. The van der Waals surface area contributed by atoms with E-state index < -0.39 is 0 Å². The summed E-state index contributed by atoms with van der Waals surface area (Å²) in [5, 5.41) is 9.76. The Kier molecular flexibility index (Phi) is 2.96. The van der Waals surface area contributed by atoms with Gasteiger partial charge in [-0.3, -0.25) is 4.79 Å². The largest absolute Gasteiger partial charge is 0.360 e. The zero-order valence-electron chi connectivity index (χ0n) is 10.9. The van der Waals surface area contributed by atoms with Crippen LogP contribution in [0.5, 0.6) is 0 Å². The molecule has 0 fully saturated rings. The molecule has 3 nitrogen and oxygen atoms in total. The molecule has 0 bridgehead atoms. The fourth-order valence-electron chi connectivity index (χ4n) is 1.90. The molecule has 2 aromatic rings. The van der Waals surface area contributed by atoms with Gasteiger partial charge < -0.3 is 4.98 Å². The molecule has 0 unspecified atom stereocenters. The van der Waals surface area contributed by atoms with Crippen molar-refractivity contribution >= 4 is 16.7 Å².